The third-order valence-corrected chi connectivity index (χ3v) is 15.8. The molecule has 0 aliphatic carbocycles. The minimum atomic E-state index is -5.89. The summed E-state index contributed by atoms with van der Waals surface area (Å²) < 4.78 is 138. The highest BCUT2D eigenvalue weighted by Crippen LogP contribution is 2.57. The largest absolute Gasteiger partial charge is 0.486 e. The number of hydrogen-bond donors (Lipinski definition) is 1. The number of ketones is 1. The molecular weight excluding hydrogens is 991 g/mol. The van der Waals surface area contributed by atoms with Crippen molar-refractivity contribution in [2.24, 2.45) is 5.41 Å². The van der Waals surface area contributed by atoms with Gasteiger partial charge in [-0.05, 0) is 116 Å². The van der Waals surface area contributed by atoms with Crippen molar-refractivity contribution in [1.82, 2.24) is 0 Å². The van der Waals surface area contributed by atoms with Crippen LogP contribution in [0.5, 0.6) is 17.2 Å². The van der Waals surface area contributed by atoms with Crippen LogP contribution in [-0.2, 0) is 31.8 Å². The van der Waals surface area contributed by atoms with Crippen molar-refractivity contribution in [2.45, 2.75) is 134 Å². The van der Waals surface area contributed by atoms with E-state index >= 15 is 26.3 Å². The number of rotatable bonds is 14. The summed E-state index contributed by atoms with van der Waals surface area (Å²) in [6, 6.07) is 32.1. The maximum absolute atomic E-state index is 15.3. The van der Waals surface area contributed by atoms with Crippen molar-refractivity contribution in [3.05, 3.63) is 189 Å². The van der Waals surface area contributed by atoms with E-state index in [2.05, 4.69) is 12.1 Å². The summed E-state index contributed by atoms with van der Waals surface area (Å²) in [5.41, 5.74) is -5.08. The third kappa shape index (κ3) is 10.9. The van der Waals surface area contributed by atoms with Gasteiger partial charge in [0.1, 0.15) is 29.4 Å². The Labute approximate surface area is 435 Å². The Morgan fingerprint density at radius 3 is 1.59 bits per heavy atom. The van der Waals surface area contributed by atoms with Crippen LogP contribution < -0.4 is 9.47 Å². The van der Waals surface area contributed by atoms with Crippen molar-refractivity contribution in [3.8, 4) is 29.4 Å². The Bertz CT molecular complexity index is 3300. The SMILES string of the molecule is CC(Oc1ccc(C(c2ccc(Oc3cccc(C(C)C(C)(C)C(C)(C)c4ccc(C(C)(C)C)c(C(=O)c5cccc(S(=O)(=O)O)c5)c4)c3C#N)cc2)(C(F)(F)F)C(F)(F)F)cc1)c1cccc(C(C)(C)C)c1C#N. The predicted octanol–water partition coefficient (Wildman–Crippen LogP) is 16.0. The molecule has 0 spiro atoms. The van der Waals surface area contributed by atoms with Crippen molar-refractivity contribution >= 4 is 15.9 Å². The van der Waals surface area contributed by atoms with Gasteiger partial charge in [0.25, 0.3) is 10.1 Å². The van der Waals surface area contributed by atoms with Gasteiger partial charge < -0.3 is 9.47 Å². The third-order valence-electron chi connectivity index (χ3n) is 14.9. The van der Waals surface area contributed by atoms with E-state index in [0.29, 0.717) is 39.9 Å². The molecule has 0 saturated heterocycles. The van der Waals surface area contributed by atoms with Gasteiger partial charge >= 0.3 is 12.4 Å². The van der Waals surface area contributed by atoms with E-state index in [9.17, 15) is 28.3 Å². The van der Waals surface area contributed by atoms with Crippen LogP contribution >= 0.6 is 0 Å². The van der Waals surface area contributed by atoms with Gasteiger partial charge in [-0.3, -0.25) is 9.35 Å². The second-order valence-corrected chi connectivity index (χ2v) is 23.5. The Balaban J connectivity index is 1.31. The molecule has 0 radical (unpaired) electrons. The van der Waals surface area contributed by atoms with Gasteiger partial charge in [-0.1, -0.05) is 155 Å². The molecule has 0 amide bonds. The summed E-state index contributed by atoms with van der Waals surface area (Å²) in [5, 5.41) is 20.7. The summed E-state index contributed by atoms with van der Waals surface area (Å²) in [6.07, 6.45) is -12.6. The minimum absolute atomic E-state index is 0.00693. The van der Waals surface area contributed by atoms with Crippen molar-refractivity contribution in [2.75, 3.05) is 0 Å². The lowest BCUT2D eigenvalue weighted by molar-refractivity contribution is -0.288. The van der Waals surface area contributed by atoms with Gasteiger partial charge in [-0.15, -0.1) is 0 Å². The fraction of sp³-hybridized carbons (Fsp3) is 0.350. The highest BCUT2D eigenvalue weighted by atomic mass is 32.2. The van der Waals surface area contributed by atoms with E-state index in [4.69, 9.17) is 9.47 Å². The molecule has 0 fully saturated rings. The molecular formula is C60H60F6N2O6S. The van der Waals surface area contributed by atoms with Crippen LogP contribution in [0.25, 0.3) is 0 Å². The molecule has 6 rings (SSSR count). The number of carbonyl (C=O) groups excluding carboxylic acids is 1. The predicted molar refractivity (Wildman–Crippen MR) is 276 cm³/mol. The van der Waals surface area contributed by atoms with E-state index in [-0.39, 0.29) is 28.4 Å². The summed E-state index contributed by atoms with van der Waals surface area (Å²) in [4.78, 5) is 13.8. The summed E-state index contributed by atoms with van der Waals surface area (Å²) >= 11 is 0. The first-order chi connectivity index (χ1) is 34.5. The number of hydrogen-bond acceptors (Lipinski definition) is 7. The fourth-order valence-corrected chi connectivity index (χ4v) is 10.3. The van der Waals surface area contributed by atoms with Crippen LogP contribution in [0.1, 0.15) is 161 Å². The molecule has 75 heavy (non-hydrogen) atoms. The minimum Gasteiger partial charge on any atom is -0.486 e. The molecule has 0 saturated carbocycles. The van der Waals surface area contributed by atoms with Gasteiger partial charge in [-0.2, -0.15) is 45.3 Å². The topological polar surface area (TPSA) is 137 Å². The Morgan fingerprint density at radius 1 is 0.587 bits per heavy atom. The van der Waals surface area contributed by atoms with Gasteiger partial charge in [0.15, 0.2) is 5.78 Å². The molecule has 15 heteroatoms. The number of nitriles is 2. The van der Waals surface area contributed by atoms with Crippen LogP contribution in [0, 0.1) is 28.1 Å². The molecule has 2 unspecified atom stereocenters. The number of nitrogens with zero attached hydrogens (tertiary/aromatic N) is 2. The fourth-order valence-electron chi connectivity index (χ4n) is 9.74. The molecule has 0 bridgehead atoms. The van der Waals surface area contributed by atoms with Gasteiger partial charge in [-0.25, -0.2) is 0 Å². The smallest absolute Gasteiger partial charge is 0.411 e. The second-order valence-electron chi connectivity index (χ2n) is 22.0. The average molecular weight is 1050 g/mol. The number of carbonyl (C=O) groups is 1. The van der Waals surface area contributed by atoms with E-state index in [1.165, 1.54) is 24.3 Å². The van der Waals surface area contributed by atoms with Crippen molar-refractivity contribution in [3.63, 3.8) is 0 Å². The zero-order valence-electron chi connectivity index (χ0n) is 43.8. The summed E-state index contributed by atoms with van der Waals surface area (Å²) in [7, 11) is -4.60. The maximum Gasteiger partial charge on any atom is 0.411 e. The van der Waals surface area contributed by atoms with Crippen molar-refractivity contribution < 1.29 is 53.6 Å². The Hall–Kier alpha value is -6.94. The maximum atomic E-state index is 15.3. The molecule has 6 aromatic carbocycles. The van der Waals surface area contributed by atoms with Crippen LogP contribution in [0.15, 0.2) is 132 Å². The molecule has 0 aliphatic rings. The standard InChI is InChI=1S/C60H60F6N2O6S/c1-36(56(9,10)57(11,12)41-26-31-51(55(6,7)8)47(33-41)53(69)38-16-13-17-44(32-38)75(70,71)72)45-18-15-21-52(49(45)35-68)74-43-29-24-40(25-30-43)58(59(61,62)63,60(64,65)66)39-22-27-42(28-23-39)73-37(2)46-19-14-20-50(48(46)34-67)54(3,4)5/h13-33,36-37H,1-12H3,(H,70,71,72). The first kappa shape index (κ1) is 57.3. The highest BCUT2D eigenvalue weighted by Gasteiger charge is 2.72. The average Bonchev–Trinajstić information content (AvgIpc) is 3.32. The number of benzene rings is 6. The first-order valence-electron chi connectivity index (χ1n) is 24.1. The van der Waals surface area contributed by atoms with Crippen LogP contribution in [0.4, 0.5) is 26.3 Å². The number of ether oxygens (including phenoxy) is 2. The van der Waals surface area contributed by atoms with E-state index in [0.717, 1.165) is 53.6 Å². The molecule has 0 heterocycles. The zero-order valence-corrected chi connectivity index (χ0v) is 44.7. The van der Waals surface area contributed by atoms with Crippen molar-refractivity contribution in [1.29, 1.82) is 10.5 Å². The Kier molecular flexibility index (Phi) is 15.5. The van der Waals surface area contributed by atoms with Crippen LogP contribution in [-0.4, -0.2) is 31.1 Å². The van der Waals surface area contributed by atoms with Gasteiger partial charge in [0, 0.05) is 16.7 Å². The van der Waals surface area contributed by atoms with Gasteiger partial charge in [0.2, 0.25) is 5.41 Å². The number of alkyl halides is 6. The first-order valence-corrected chi connectivity index (χ1v) is 25.5. The van der Waals surface area contributed by atoms with Gasteiger partial charge in [0.05, 0.1) is 22.1 Å². The molecule has 8 nitrogen and oxygen atoms in total. The lowest BCUT2D eigenvalue weighted by Gasteiger charge is -2.47. The normalized spacial score (nSPS) is 13.8. The van der Waals surface area contributed by atoms with Crippen LogP contribution in [0.2, 0.25) is 0 Å². The monoisotopic (exact) mass is 1050 g/mol. The molecule has 394 valence electrons. The zero-order chi connectivity index (χ0) is 56.1. The second kappa shape index (κ2) is 20.3. The highest BCUT2D eigenvalue weighted by molar-refractivity contribution is 7.85. The summed E-state index contributed by atoms with van der Waals surface area (Å²) in [5.74, 6) is -1.04. The Morgan fingerprint density at radius 2 is 1.08 bits per heavy atom. The molecule has 0 aliphatic heterocycles. The number of halogens is 6. The quantitative estimate of drug-likeness (QED) is 0.0647. The summed E-state index contributed by atoms with van der Waals surface area (Å²) in [6.45, 7) is 23.1. The lowest BCUT2D eigenvalue weighted by Crippen LogP contribution is -2.54. The molecule has 6 aromatic rings. The van der Waals surface area contributed by atoms with E-state index in [1.54, 1.807) is 37.3 Å². The molecule has 0 aromatic heterocycles. The van der Waals surface area contributed by atoms with E-state index < -0.39 is 83.4 Å². The molecule has 1 N–H and O–H groups in total. The lowest BCUT2D eigenvalue weighted by atomic mass is 9.57. The van der Waals surface area contributed by atoms with Crippen LogP contribution in [0.3, 0.4) is 0 Å². The van der Waals surface area contributed by atoms with E-state index in [1.807, 2.05) is 94.4 Å². The molecule has 2 atom stereocenters.